The van der Waals surface area contributed by atoms with Crippen LogP contribution in [0.15, 0.2) is 10.6 Å². The maximum absolute atomic E-state index is 11.9. The number of nitrogens with zero attached hydrogens (tertiary/aromatic N) is 2. The van der Waals surface area contributed by atoms with Crippen LogP contribution in [0.25, 0.3) is 0 Å². The number of rotatable bonds is 3. The zero-order valence-corrected chi connectivity index (χ0v) is 10.4. The van der Waals surface area contributed by atoms with Gasteiger partial charge < -0.3 is 14.6 Å². The predicted molar refractivity (Wildman–Crippen MR) is 63.3 cm³/mol. The standard InChI is InChI=1S/C12H19N3O2/c1-9-13-7-11(17-9)8-14-12(16)10-3-5-15(2)6-4-10/h7,10H,3-6,8H2,1-2H3,(H,14,16). The van der Waals surface area contributed by atoms with E-state index in [1.807, 2.05) is 0 Å². The van der Waals surface area contributed by atoms with Crippen LogP contribution in [0.5, 0.6) is 0 Å². The van der Waals surface area contributed by atoms with E-state index in [0.717, 1.165) is 25.9 Å². The van der Waals surface area contributed by atoms with Crippen molar-refractivity contribution < 1.29 is 9.21 Å². The fraction of sp³-hybridized carbons (Fsp3) is 0.667. The van der Waals surface area contributed by atoms with Crippen LogP contribution in [0.3, 0.4) is 0 Å². The molecule has 0 unspecified atom stereocenters. The Bertz CT molecular complexity index is 381. The number of amides is 1. The maximum atomic E-state index is 11.9. The molecule has 1 N–H and O–H groups in total. The molecule has 1 fully saturated rings. The van der Waals surface area contributed by atoms with Gasteiger partial charge >= 0.3 is 0 Å². The Kier molecular flexibility index (Phi) is 3.78. The van der Waals surface area contributed by atoms with E-state index in [-0.39, 0.29) is 11.8 Å². The molecule has 2 rings (SSSR count). The summed E-state index contributed by atoms with van der Waals surface area (Å²) in [6, 6.07) is 0. The van der Waals surface area contributed by atoms with E-state index >= 15 is 0 Å². The molecule has 1 saturated heterocycles. The summed E-state index contributed by atoms with van der Waals surface area (Å²) in [6.45, 7) is 4.23. The van der Waals surface area contributed by atoms with Crippen molar-refractivity contribution in [3.8, 4) is 0 Å². The summed E-state index contributed by atoms with van der Waals surface area (Å²) < 4.78 is 5.30. The van der Waals surface area contributed by atoms with Crippen molar-refractivity contribution in [2.75, 3.05) is 20.1 Å². The van der Waals surface area contributed by atoms with Gasteiger partial charge in [-0.2, -0.15) is 0 Å². The molecule has 1 amide bonds. The molecule has 17 heavy (non-hydrogen) atoms. The van der Waals surface area contributed by atoms with E-state index in [1.165, 1.54) is 0 Å². The average molecular weight is 237 g/mol. The highest BCUT2D eigenvalue weighted by molar-refractivity contribution is 5.78. The van der Waals surface area contributed by atoms with E-state index < -0.39 is 0 Å². The molecule has 5 nitrogen and oxygen atoms in total. The zero-order chi connectivity index (χ0) is 12.3. The van der Waals surface area contributed by atoms with E-state index in [9.17, 15) is 4.79 Å². The maximum Gasteiger partial charge on any atom is 0.223 e. The van der Waals surface area contributed by atoms with Gasteiger partial charge in [-0.3, -0.25) is 4.79 Å². The molecule has 1 aliphatic heterocycles. The third-order valence-corrected chi connectivity index (χ3v) is 3.20. The molecule has 1 aromatic rings. The third kappa shape index (κ3) is 3.30. The van der Waals surface area contributed by atoms with Crippen molar-refractivity contribution in [1.82, 2.24) is 15.2 Å². The zero-order valence-electron chi connectivity index (χ0n) is 10.4. The highest BCUT2D eigenvalue weighted by atomic mass is 16.4. The van der Waals surface area contributed by atoms with Crippen LogP contribution in [-0.2, 0) is 11.3 Å². The highest BCUT2D eigenvalue weighted by Gasteiger charge is 2.23. The van der Waals surface area contributed by atoms with Gasteiger partial charge in [-0.15, -0.1) is 0 Å². The van der Waals surface area contributed by atoms with Gasteiger partial charge in [0.15, 0.2) is 5.89 Å². The lowest BCUT2D eigenvalue weighted by Gasteiger charge is -2.27. The second-order valence-corrected chi connectivity index (χ2v) is 4.64. The number of aryl methyl sites for hydroxylation is 1. The van der Waals surface area contributed by atoms with Crippen LogP contribution >= 0.6 is 0 Å². The summed E-state index contributed by atoms with van der Waals surface area (Å²) in [6.07, 6.45) is 3.54. The minimum atomic E-state index is 0.132. The topological polar surface area (TPSA) is 58.4 Å². The number of hydrogen-bond acceptors (Lipinski definition) is 4. The van der Waals surface area contributed by atoms with Gasteiger partial charge in [-0.25, -0.2) is 4.98 Å². The summed E-state index contributed by atoms with van der Waals surface area (Å²) >= 11 is 0. The second-order valence-electron chi connectivity index (χ2n) is 4.64. The Morgan fingerprint density at radius 2 is 2.29 bits per heavy atom. The first-order valence-electron chi connectivity index (χ1n) is 6.02. The lowest BCUT2D eigenvalue weighted by molar-refractivity contribution is -0.126. The van der Waals surface area contributed by atoms with Crippen molar-refractivity contribution in [3.05, 3.63) is 17.8 Å². The Morgan fingerprint density at radius 1 is 1.59 bits per heavy atom. The van der Waals surface area contributed by atoms with Crippen LogP contribution in [0.2, 0.25) is 0 Å². The van der Waals surface area contributed by atoms with Gasteiger partial charge in [0.2, 0.25) is 5.91 Å². The first-order chi connectivity index (χ1) is 8.15. The van der Waals surface area contributed by atoms with Crippen LogP contribution in [0.1, 0.15) is 24.5 Å². The first kappa shape index (κ1) is 12.1. The molecule has 5 heteroatoms. The van der Waals surface area contributed by atoms with Gasteiger partial charge in [0.1, 0.15) is 5.76 Å². The van der Waals surface area contributed by atoms with Crippen molar-refractivity contribution in [1.29, 1.82) is 0 Å². The van der Waals surface area contributed by atoms with Crippen LogP contribution in [0.4, 0.5) is 0 Å². The van der Waals surface area contributed by atoms with E-state index in [4.69, 9.17) is 4.42 Å². The van der Waals surface area contributed by atoms with Crippen molar-refractivity contribution in [3.63, 3.8) is 0 Å². The van der Waals surface area contributed by atoms with Crippen LogP contribution < -0.4 is 5.32 Å². The van der Waals surface area contributed by atoms with E-state index in [1.54, 1.807) is 13.1 Å². The lowest BCUT2D eigenvalue weighted by Crippen LogP contribution is -2.38. The summed E-state index contributed by atoms with van der Waals surface area (Å²) in [5, 5.41) is 2.91. The smallest absolute Gasteiger partial charge is 0.223 e. The second kappa shape index (κ2) is 5.31. The fourth-order valence-electron chi connectivity index (χ4n) is 2.08. The average Bonchev–Trinajstić information content (AvgIpc) is 2.73. The molecule has 2 heterocycles. The third-order valence-electron chi connectivity index (χ3n) is 3.20. The van der Waals surface area contributed by atoms with Gasteiger partial charge in [0.05, 0.1) is 12.7 Å². The number of carbonyl (C=O) groups excluding carboxylic acids is 1. The van der Waals surface area contributed by atoms with Gasteiger partial charge in [-0.05, 0) is 33.0 Å². The first-order valence-corrected chi connectivity index (χ1v) is 6.02. The fourth-order valence-corrected chi connectivity index (χ4v) is 2.08. The van der Waals surface area contributed by atoms with Gasteiger partial charge in [0, 0.05) is 12.8 Å². The summed E-state index contributed by atoms with van der Waals surface area (Å²) in [5.41, 5.74) is 0. The summed E-state index contributed by atoms with van der Waals surface area (Å²) in [4.78, 5) is 18.1. The van der Waals surface area contributed by atoms with Gasteiger partial charge in [0.25, 0.3) is 0 Å². The number of hydrogen-bond donors (Lipinski definition) is 1. The number of oxazole rings is 1. The molecule has 0 radical (unpaired) electrons. The minimum absolute atomic E-state index is 0.132. The van der Waals surface area contributed by atoms with Crippen molar-refractivity contribution >= 4 is 5.91 Å². The van der Waals surface area contributed by atoms with E-state index in [0.29, 0.717) is 18.2 Å². The molecule has 0 saturated carbocycles. The lowest BCUT2D eigenvalue weighted by atomic mass is 9.96. The predicted octanol–water partition coefficient (Wildman–Crippen LogP) is 0.941. The number of aromatic nitrogens is 1. The molecule has 0 atom stereocenters. The largest absolute Gasteiger partial charge is 0.444 e. The highest BCUT2D eigenvalue weighted by Crippen LogP contribution is 2.16. The molecule has 1 aliphatic rings. The molecular weight excluding hydrogens is 218 g/mol. The Morgan fingerprint density at radius 3 is 2.88 bits per heavy atom. The molecule has 94 valence electrons. The quantitative estimate of drug-likeness (QED) is 0.850. The molecule has 0 aliphatic carbocycles. The van der Waals surface area contributed by atoms with Crippen LogP contribution in [0, 0.1) is 12.8 Å². The van der Waals surface area contributed by atoms with Crippen molar-refractivity contribution in [2.45, 2.75) is 26.3 Å². The Labute approximate surface area is 101 Å². The number of likely N-dealkylation sites (tertiary alicyclic amines) is 1. The van der Waals surface area contributed by atoms with Crippen molar-refractivity contribution in [2.24, 2.45) is 5.92 Å². The van der Waals surface area contributed by atoms with Gasteiger partial charge in [-0.1, -0.05) is 0 Å². The number of carbonyl (C=O) groups is 1. The molecule has 0 aromatic carbocycles. The monoisotopic (exact) mass is 237 g/mol. The molecule has 1 aromatic heterocycles. The summed E-state index contributed by atoms with van der Waals surface area (Å²) in [7, 11) is 2.09. The molecular formula is C12H19N3O2. The SMILES string of the molecule is Cc1ncc(CNC(=O)C2CCN(C)CC2)o1. The minimum Gasteiger partial charge on any atom is -0.444 e. The van der Waals surface area contributed by atoms with E-state index in [2.05, 4.69) is 22.2 Å². The Balaban J connectivity index is 1.77. The number of piperidine rings is 1. The molecule has 0 spiro atoms. The van der Waals surface area contributed by atoms with Crippen LogP contribution in [-0.4, -0.2) is 35.9 Å². The Hall–Kier alpha value is -1.36. The number of nitrogens with one attached hydrogen (secondary N) is 1. The summed E-state index contributed by atoms with van der Waals surface area (Å²) in [5.74, 6) is 1.62. The normalized spacial score (nSPS) is 18.2. The molecule has 0 bridgehead atoms.